The largest absolute Gasteiger partial charge is 0.481 e. The number of hydrogen-bond donors (Lipinski definition) is 10. The van der Waals surface area contributed by atoms with E-state index in [4.69, 9.17) is 60.8 Å². The molecule has 0 amide bonds. The number of halogens is 1. The number of rotatable bonds is 43. The summed E-state index contributed by atoms with van der Waals surface area (Å²) in [6, 6.07) is 19.4. The second-order valence-corrected chi connectivity index (χ2v) is 21.1. The molecule has 0 aliphatic carbocycles. The van der Waals surface area contributed by atoms with E-state index in [1.165, 1.54) is 97.1 Å². The van der Waals surface area contributed by atoms with E-state index in [1.807, 2.05) is 0 Å². The lowest BCUT2D eigenvalue weighted by atomic mass is 10.2. The van der Waals surface area contributed by atoms with Gasteiger partial charge >= 0.3 is 35.8 Å². The number of carboxylic acid groups (broad SMARTS) is 4. The van der Waals surface area contributed by atoms with E-state index in [-0.39, 0.29) is 139 Å². The van der Waals surface area contributed by atoms with Gasteiger partial charge in [-0.05, 0) is 83.9 Å². The number of hydrogen-bond acceptors (Lipinski definition) is 20. The van der Waals surface area contributed by atoms with Crippen LogP contribution in [0.3, 0.4) is 0 Å². The van der Waals surface area contributed by atoms with Gasteiger partial charge in [0.2, 0.25) is 0 Å². The molecule has 0 aliphatic rings. The molecular weight excluding hydrogens is 1220 g/mol. The average Bonchev–Trinajstić information content (AvgIpc) is 2.37. The highest BCUT2D eigenvalue weighted by Crippen LogP contribution is 2.21. The maximum Gasteiger partial charge on any atom is 0.343 e. The SMILES string of the molecule is Cl.NC(N)=Nc1ccc(C(=O)Oc2ccc(CNS(=O)(=O)N(CCOCCOCCOCCOCCOCCOCCN([C@@H](CC(=O)O)C(=O)O)S(=O)(=O)NCc3ccc(OC(=O)c4ccc(N=C(N)N)cc4)cc3)[C@@H](CC(=O)O)C(=O)O)cc2)cc1. The molecule has 0 radical (unpaired) electrons. The number of guanidine groups is 2. The summed E-state index contributed by atoms with van der Waals surface area (Å²) in [5.41, 5.74) is 23.5. The third-order valence-electron chi connectivity index (χ3n) is 11.3. The van der Waals surface area contributed by atoms with Gasteiger partial charge in [-0.1, -0.05) is 24.3 Å². The molecule has 0 heterocycles. The van der Waals surface area contributed by atoms with Gasteiger partial charge in [-0.15, -0.1) is 12.4 Å². The van der Waals surface area contributed by atoms with Crippen molar-refractivity contribution < 1.29 is 104 Å². The maximum absolute atomic E-state index is 13.4. The number of nitrogens with one attached hydrogen (secondary N) is 2. The van der Waals surface area contributed by atoms with E-state index < -0.39 is 94.2 Å². The van der Waals surface area contributed by atoms with Crippen LogP contribution in [0.15, 0.2) is 107 Å². The summed E-state index contributed by atoms with van der Waals surface area (Å²) in [7, 11) is -9.24. The highest BCUT2D eigenvalue weighted by molar-refractivity contribution is 7.87. The summed E-state index contributed by atoms with van der Waals surface area (Å²) in [5, 5.41) is 38.3. The first-order valence-corrected chi connectivity index (χ1v) is 28.7. The van der Waals surface area contributed by atoms with Crippen molar-refractivity contribution in [3.8, 4) is 11.5 Å². The van der Waals surface area contributed by atoms with Gasteiger partial charge in [0.05, 0.1) is 115 Å². The number of carboxylic acids is 4. The van der Waals surface area contributed by atoms with Crippen molar-refractivity contribution in [3.05, 3.63) is 119 Å². The Morgan fingerprint density at radius 1 is 0.437 bits per heavy atom. The van der Waals surface area contributed by atoms with Crippen molar-refractivity contribution in [1.29, 1.82) is 0 Å². The van der Waals surface area contributed by atoms with Crippen molar-refractivity contribution in [2.24, 2.45) is 32.9 Å². The molecule has 478 valence electrons. The van der Waals surface area contributed by atoms with Crippen LogP contribution in [-0.4, -0.2) is 198 Å². The monoisotopic (exact) mass is 1280 g/mol. The highest BCUT2D eigenvalue weighted by atomic mass is 35.5. The van der Waals surface area contributed by atoms with Crippen molar-refractivity contribution in [1.82, 2.24) is 18.1 Å². The molecule has 4 aromatic rings. The molecule has 2 atom stereocenters. The van der Waals surface area contributed by atoms with Gasteiger partial charge in [-0.3, -0.25) is 19.2 Å². The lowest BCUT2D eigenvalue weighted by molar-refractivity contribution is -0.148. The number of aliphatic imine (C=N–C) groups is 2. The van der Waals surface area contributed by atoms with Crippen molar-refractivity contribution in [2.75, 3.05) is 92.4 Å². The van der Waals surface area contributed by atoms with Gasteiger partial charge in [-0.2, -0.15) is 34.9 Å². The molecule has 0 unspecified atom stereocenters. The third-order valence-corrected chi connectivity index (χ3v) is 14.4. The number of ether oxygens (including phenoxy) is 8. The number of nitrogens with zero attached hydrogens (tertiary/aromatic N) is 4. The number of nitrogens with two attached hydrogens (primary N) is 4. The standard InChI is InChI=1S/C52H68N10O22S2.ClH/c53-51(54)59-39-9-5-37(6-10-39)49(71)83-41-13-1-35(2-14-41)33-57-85(73,74)61(43(47(67)68)31-45(63)64)17-19-77-21-23-79-25-27-81-29-30-82-28-26-80-24-22-78-20-18-62(44(48(69)70)32-46(65)66)86(75,76)58-34-36-3-15-42(16-4-36)84-50(72)38-7-11-40(12-8-38)60-52(55)56;/h1-16,43-44,57-58H,17-34H2,(H,63,64)(H,65,66)(H,67,68)(H,69,70)(H4,53,54,59)(H4,55,56,60);1H/t43-,44-;/m0./s1. The first-order chi connectivity index (χ1) is 40.9. The predicted octanol–water partition coefficient (Wildman–Crippen LogP) is 0.285. The van der Waals surface area contributed by atoms with Gasteiger partial charge in [0.15, 0.2) is 11.9 Å². The molecule has 0 spiro atoms. The Hall–Kier alpha value is -7.97. The number of carbonyl (C=O) groups excluding carboxylic acids is 2. The molecule has 0 aromatic heterocycles. The molecule has 32 nitrogen and oxygen atoms in total. The summed E-state index contributed by atoms with van der Waals surface area (Å²) < 4.78 is 103. The molecule has 0 saturated heterocycles. The molecule has 4 aromatic carbocycles. The van der Waals surface area contributed by atoms with Gasteiger partial charge in [0.1, 0.15) is 23.6 Å². The molecule has 14 N–H and O–H groups in total. The summed E-state index contributed by atoms with van der Waals surface area (Å²) in [5.74, 6) is -7.92. The van der Waals surface area contributed by atoms with Crippen LogP contribution in [0.2, 0.25) is 0 Å². The topological polar surface area (TPSA) is 485 Å². The predicted molar refractivity (Wildman–Crippen MR) is 311 cm³/mol. The molecule has 0 bridgehead atoms. The fourth-order valence-electron chi connectivity index (χ4n) is 7.19. The Labute approximate surface area is 506 Å². The second kappa shape index (κ2) is 38.2. The van der Waals surface area contributed by atoms with Gasteiger partial charge in [0.25, 0.3) is 20.4 Å². The summed E-state index contributed by atoms with van der Waals surface area (Å²) in [6.07, 6.45) is -2.08. The van der Waals surface area contributed by atoms with Crippen LogP contribution in [0, 0.1) is 0 Å². The number of benzene rings is 4. The van der Waals surface area contributed by atoms with Gasteiger partial charge in [-0.25, -0.2) is 19.6 Å². The van der Waals surface area contributed by atoms with Crippen LogP contribution in [0.5, 0.6) is 11.5 Å². The fraction of sp³-hybridized carbons (Fsp3) is 0.385. The first kappa shape index (κ1) is 73.3. The van der Waals surface area contributed by atoms with Crippen molar-refractivity contribution in [2.45, 2.75) is 38.0 Å². The maximum atomic E-state index is 13.4. The van der Waals surface area contributed by atoms with Crippen LogP contribution in [0.25, 0.3) is 0 Å². The van der Waals surface area contributed by atoms with E-state index in [2.05, 4.69) is 19.4 Å². The lowest BCUT2D eigenvalue weighted by Crippen LogP contribution is -2.51. The zero-order chi connectivity index (χ0) is 63.1. The van der Waals surface area contributed by atoms with Crippen LogP contribution in [0.4, 0.5) is 11.4 Å². The third kappa shape index (κ3) is 28.0. The summed E-state index contributed by atoms with van der Waals surface area (Å²) in [4.78, 5) is 80.1. The molecule has 35 heteroatoms. The quantitative estimate of drug-likeness (QED) is 0.00936. The zero-order valence-corrected chi connectivity index (χ0v) is 49.0. The van der Waals surface area contributed by atoms with Crippen molar-refractivity contribution in [3.63, 3.8) is 0 Å². The molecule has 0 aliphatic heterocycles. The molecule has 0 saturated carbocycles. The number of esters is 2. The molecule has 4 rings (SSSR count). The Bertz CT molecular complexity index is 2910. The lowest BCUT2D eigenvalue weighted by Gasteiger charge is -2.27. The number of carbonyl (C=O) groups is 6. The Balaban J connectivity index is 0.0000198. The first-order valence-electron chi connectivity index (χ1n) is 25.8. The smallest absolute Gasteiger partial charge is 0.343 e. The van der Waals surface area contributed by atoms with Gasteiger partial charge in [0, 0.05) is 26.2 Å². The summed E-state index contributed by atoms with van der Waals surface area (Å²) >= 11 is 0. The van der Waals surface area contributed by atoms with Crippen LogP contribution in [0.1, 0.15) is 44.7 Å². The Morgan fingerprint density at radius 2 is 0.713 bits per heavy atom. The van der Waals surface area contributed by atoms with E-state index in [1.54, 1.807) is 0 Å². The fourth-order valence-corrected chi connectivity index (χ4v) is 9.85. The van der Waals surface area contributed by atoms with Crippen LogP contribution >= 0.6 is 12.4 Å². The van der Waals surface area contributed by atoms with E-state index in [0.29, 0.717) is 31.1 Å². The van der Waals surface area contributed by atoms with Crippen molar-refractivity contribution >= 4 is 91.9 Å². The average molecular weight is 1290 g/mol. The van der Waals surface area contributed by atoms with Crippen LogP contribution in [-0.2, 0) is 81.1 Å². The molecule has 0 fully saturated rings. The minimum atomic E-state index is -4.62. The minimum absolute atomic E-state index is 0. The molecular formula is C52H69ClN10O22S2. The van der Waals surface area contributed by atoms with E-state index in [9.17, 15) is 66.0 Å². The minimum Gasteiger partial charge on any atom is -0.481 e. The van der Waals surface area contributed by atoms with E-state index in [0.717, 1.165) is 0 Å². The highest BCUT2D eigenvalue weighted by Gasteiger charge is 2.38. The van der Waals surface area contributed by atoms with Crippen LogP contribution < -0.4 is 41.9 Å². The second-order valence-electron chi connectivity index (χ2n) is 17.7. The molecule has 87 heavy (non-hydrogen) atoms. The Kier molecular flexibility index (Phi) is 32.2. The normalized spacial score (nSPS) is 12.1. The Morgan fingerprint density at radius 3 is 0.966 bits per heavy atom. The van der Waals surface area contributed by atoms with Gasteiger partial charge < -0.3 is 81.3 Å². The number of aliphatic carboxylic acids is 4. The van der Waals surface area contributed by atoms with E-state index >= 15 is 0 Å². The zero-order valence-electron chi connectivity index (χ0n) is 46.6. The summed E-state index contributed by atoms with van der Waals surface area (Å²) in [6.45, 7) is -1.34.